The van der Waals surface area contributed by atoms with Gasteiger partial charge in [-0.05, 0) is 12.2 Å². The summed E-state index contributed by atoms with van der Waals surface area (Å²) in [6, 6.07) is 0. The van der Waals surface area contributed by atoms with Crippen LogP contribution in [0.4, 0.5) is 0 Å². The minimum atomic E-state index is -1.39. The highest BCUT2D eigenvalue weighted by molar-refractivity contribution is 5.79. The van der Waals surface area contributed by atoms with Crippen LogP contribution >= 0.6 is 0 Å². The first kappa shape index (κ1) is 15.0. The smallest absolute Gasteiger partial charge is 0.328 e. The molecule has 104 valence electrons. The summed E-state index contributed by atoms with van der Waals surface area (Å²) in [7, 11) is 2.80. The second kappa shape index (κ2) is 6.19. The van der Waals surface area contributed by atoms with Gasteiger partial charge in [0.05, 0.1) is 7.11 Å². The second-order valence-corrected chi connectivity index (χ2v) is 3.83. The van der Waals surface area contributed by atoms with E-state index in [9.17, 15) is 9.59 Å². The van der Waals surface area contributed by atoms with Crippen molar-refractivity contribution in [2.75, 3.05) is 14.2 Å². The number of methoxy groups -OCH3 is 2. The molecule has 0 aromatic rings. The summed E-state index contributed by atoms with van der Waals surface area (Å²) in [5.41, 5.74) is 0. The lowest BCUT2D eigenvalue weighted by Gasteiger charge is -2.32. The van der Waals surface area contributed by atoms with E-state index < -0.39 is 17.7 Å². The van der Waals surface area contributed by atoms with E-state index in [1.54, 1.807) is 12.2 Å². The van der Waals surface area contributed by atoms with Gasteiger partial charge in [0.25, 0.3) is 5.79 Å². The summed E-state index contributed by atoms with van der Waals surface area (Å²) in [6.07, 6.45) is 7.31. The summed E-state index contributed by atoms with van der Waals surface area (Å²) < 4.78 is 15.5. The Hall–Kier alpha value is -2.08. The van der Waals surface area contributed by atoms with Crippen molar-refractivity contribution in [1.29, 1.82) is 0 Å². The Morgan fingerprint density at radius 1 is 1.42 bits per heavy atom. The summed E-state index contributed by atoms with van der Waals surface area (Å²) >= 11 is 0. The SMILES string of the molecule is COC1=CC(/C=C/C(=O)O)C=CC1(OC)OC(C)=O. The molecule has 0 aromatic heterocycles. The van der Waals surface area contributed by atoms with Gasteiger partial charge in [-0.15, -0.1) is 0 Å². The van der Waals surface area contributed by atoms with Crippen molar-refractivity contribution >= 4 is 11.9 Å². The van der Waals surface area contributed by atoms with Crippen LogP contribution in [-0.2, 0) is 23.8 Å². The minimum absolute atomic E-state index is 0.273. The highest BCUT2D eigenvalue weighted by Crippen LogP contribution is 2.31. The number of allylic oxidation sites excluding steroid dienone is 3. The van der Waals surface area contributed by atoms with Crippen LogP contribution in [-0.4, -0.2) is 37.1 Å². The first-order valence-electron chi connectivity index (χ1n) is 5.55. The van der Waals surface area contributed by atoms with Crippen LogP contribution in [0, 0.1) is 5.92 Å². The molecular formula is C13H16O6. The largest absolute Gasteiger partial charge is 0.494 e. The van der Waals surface area contributed by atoms with Gasteiger partial charge < -0.3 is 19.3 Å². The average Bonchev–Trinajstić information content (AvgIpc) is 2.36. The van der Waals surface area contributed by atoms with Gasteiger partial charge in [0, 0.05) is 26.0 Å². The molecule has 1 aliphatic rings. The maximum Gasteiger partial charge on any atom is 0.328 e. The fourth-order valence-electron chi connectivity index (χ4n) is 1.70. The standard InChI is InChI=1S/C13H16O6/c1-9(14)19-13(18-3)7-6-10(4-5-12(15)16)8-11(13)17-2/h4-8,10H,1-3H3,(H,15,16)/b5-4+. The number of rotatable bonds is 5. The molecule has 0 bridgehead atoms. The topological polar surface area (TPSA) is 82.1 Å². The Morgan fingerprint density at radius 3 is 2.58 bits per heavy atom. The lowest BCUT2D eigenvalue weighted by Crippen LogP contribution is -2.39. The highest BCUT2D eigenvalue weighted by Gasteiger charge is 2.39. The molecule has 1 aliphatic carbocycles. The first-order chi connectivity index (χ1) is 8.93. The van der Waals surface area contributed by atoms with E-state index in [0.29, 0.717) is 0 Å². The Labute approximate surface area is 111 Å². The minimum Gasteiger partial charge on any atom is -0.494 e. The average molecular weight is 268 g/mol. The zero-order valence-electron chi connectivity index (χ0n) is 11.0. The molecule has 0 saturated carbocycles. The molecule has 19 heavy (non-hydrogen) atoms. The fourth-order valence-corrected chi connectivity index (χ4v) is 1.70. The third-order valence-corrected chi connectivity index (χ3v) is 2.50. The van der Waals surface area contributed by atoms with Crippen LogP contribution in [0.3, 0.4) is 0 Å². The molecule has 0 aliphatic heterocycles. The molecule has 0 heterocycles. The van der Waals surface area contributed by atoms with Crippen molar-refractivity contribution < 1.29 is 28.9 Å². The van der Waals surface area contributed by atoms with E-state index >= 15 is 0 Å². The summed E-state index contributed by atoms with van der Waals surface area (Å²) in [5, 5.41) is 8.58. The van der Waals surface area contributed by atoms with Gasteiger partial charge in [0.2, 0.25) is 0 Å². The zero-order chi connectivity index (χ0) is 14.5. The van der Waals surface area contributed by atoms with Crippen LogP contribution in [0.2, 0.25) is 0 Å². The molecule has 0 fully saturated rings. The molecular weight excluding hydrogens is 252 g/mol. The molecule has 6 heteroatoms. The Balaban J connectivity index is 3.01. The predicted molar refractivity (Wildman–Crippen MR) is 66.0 cm³/mol. The zero-order valence-corrected chi connectivity index (χ0v) is 11.0. The Morgan fingerprint density at radius 2 is 2.11 bits per heavy atom. The van der Waals surface area contributed by atoms with Crippen LogP contribution in [0.25, 0.3) is 0 Å². The van der Waals surface area contributed by atoms with Crippen LogP contribution < -0.4 is 0 Å². The summed E-state index contributed by atoms with van der Waals surface area (Å²) in [4.78, 5) is 21.6. The number of hydrogen-bond acceptors (Lipinski definition) is 5. The van der Waals surface area contributed by atoms with E-state index in [2.05, 4.69) is 0 Å². The van der Waals surface area contributed by atoms with Gasteiger partial charge in [-0.25, -0.2) is 4.79 Å². The lowest BCUT2D eigenvalue weighted by atomic mass is 9.97. The van der Waals surface area contributed by atoms with Crippen LogP contribution in [0.5, 0.6) is 0 Å². The van der Waals surface area contributed by atoms with E-state index in [1.807, 2.05) is 0 Å². The Kier molecular flexibility index (Phi) is 4.88. The second-order valence-electron chi connectivity index (χ2n) is 3.83. The monoisotopic (exact) mass is 268 g/mol. The number of aliphatic carboxylic acids is 1. The van der Waals surface area contributed by atoms with Crippen molar-refractivity contribution in [3.05, 3.63) is 36.1 Å². The lowest BCUT2D eigenvalue weighted by molar-refractivity contribution is -0.196. The van der Waals surface area contributed by atoms with Crippen LogP contribution in [0.15, 0.2) is 36.1 Å². The van der Waals surface area contributed by atoms with Crippen molar-refractivity contribution in [3.63, 3.8) is 0 Å². The third-order valence-electron chi connectivity index (χ3n) is 2.50. The molecule has 1 rings (SSSR count). The normalized spacial score (nSPS) is 26.1. The van der Waals surface area contributed by atoms with E-state index in [4.69, 9.17) is 19.3 Å². The van der Waals surface area contributed by atoms with Crippen molar-refractivity contribution in [2.45, 2.75) is 12.7 Å². The maximum atomic E-state index is 11.1. The molecule has 0 amide bonds. The van der Waals surface area contributed by atoms with Gasteiger partial charge in [0.1, 0.15) is 0 Å². The quantitative estimate of drug-likeness (QED) is 0.350. The number of carboxylic acids is 1. The number of carboxylic acid groups (broad SMARTS) is 1. The summed E-state index contributed by atoms with van der Waals surface area (Å²) in [6.45, 7) is 1.26. The van der Waals surface area contributed by atoms with Gasteiger partial charge >= 0.3 is 11.9 Å². The maximum absolute atomic E-state index is 11.1. The van der Waals surface area contributed by atoms with Crippen molar-refractivity contribution in [1.82, 2.24) is 0 Å². The molecule has 2 unspecified atom stereocenters. The number of carbonyl (C=O) groups excluding carboxylic acids is 1. The van der Waals surface area contributed by atoms with Gasteiger partial charge in [-0.1, -0.05) is 12.2 Å². The predicted octanol–water partition coefficient (Wildman–Crippen LogP) is 1.25. The van der Waals surface area contributed by atoms with Crippen LogP contribution in [0.1, 0.15) is 6.92 Å². The number of hydrogen-bond donors (Lipinski definition) is 1. The molecule has 6 nitrogen and oxygen atoms in total. The number of ether oxygens (including phenoxy) is 3. The molecule has 0 spiro atoms. The highest BCUT2D eigenvalue weighted by atomic mass is 16.7. The number of esters is 1. The van der Waals surface area contributed by atoms with Gasteiger partial charge in [0.15, 0.2) is 5.76 Å². The Bertz CT molecular complexity index is 448. The van der Waals surface area contributed by atoms with Gasteiger partial charge in [-0.2, -0.15) is 0 Å². The van der Waals surface area contributed by atoms with E-state index in [0.717, 1.165) is 6.08 Å². The molecule has 1 N–H and O–H groups in total. The van der Waals surface area contributed by atoms with Crippen molar-refractivity contribution in [2.24, 2.45) is 5.92 Å². The summed E-state index contributed by atoms with van der Waals surface area (Å²) in [5.74, 6) is -2.94. The first-order valence-corrected chi connectivity index (χ1v) is 5.55. The molecule has 0 aromatic carbocycles. The molecule has 0 saturated heterocycles. The number of carbonyl (C=O) groups is 2. The third kappa shape index (κ3) is 3.69. The fraction of sp³-hybridized carbons (Fsp3) is 0.385. The van der Waals surface area contributed by atoms with E-state index in [1.165, 1.54) is 33.3 Å². The molecule has 0 radical (unpaired) electrons. The van der Waals surface area contributed by atoms with E-state index in [-0.39, 0.29) is 11.7 Å². The molecule has 2 atom stereocenters. The van der Waals surface area contributed by atoms with Gasteiger partial charge in [-0.3, -0.25) is 4.79 Å². The van der Waals surface area contributed by atoms with Crippen molar-refractivity contribution in [3.8, 4) is 0 Å².